The van der Waals surface area contributed by atoms with Gasteiger partial charge < -0.3 is 24.3 Å². The monoisotopic (exact) mass is 525 g/mol. The van der Waals surface area contributed by atoms with Crippen LogP contribution in [0.3, 0.4) is 0 Å². The molecule has 0 unspecified atom stereocenters. The van der Waals surface area contributed by atoms with Gasteiger partial charge in [0.25, 0.3) is 0 Å². The average molecular weight is 526 g/mol. The molecule has 2 fully saturated rings. The fraction of sp³-hybridized carbons (Fsp3) is 0.500. The van der Waals surface area contributed by atoms with Gasteiger partial charge in [0.15, 0.2) is 0 Å². The van der Waals surface area contributed by atoms with E-state index in [0.29, 0.717) is 23.4 Å². The summed E-state index contributed by atoms with van der Waals surface area (Å²) in [5.74, 6) is 0.0263. The number of ether oxygens (including phenoxy) is 4. The third kappa shape index (κ3) is 5.54. The summed E-state index contributed by atoms with van der Waals surface area (Å²) in [6.07, 6.45) is 2.74. The van der Waals surface area contributed by atoms with Gasteiger partial charge in [-0.2, -0.15) is 0 Å². The molecule has 1 aliphatic carbocycles. The summed E-state index contributed by atoms with van der Waals surface area (Å²) >= 11 is 0. The third-order valence-electron chi connectivity index (χ3n) is 6.68. The van der Waals surface area contributed by atoms with E-state index >= 15 is 0 Å². The predicted molar refractivity (Wildman–Crippen MR) is 140 cm³/mol. The summed E-state index contributed by atoms with van der Waals surface area (Å²) in [5, 5.41) is 3.63. The van der Waals surface area contributed by atoms with Gasteiger partial charge in [-0.05, 0) is 52.3 Å². The van der Waals surface area contributed by atoms with Gasteiger partial charge in [-0.1, -0.05) is 6.08 Å². The van der Waals surface area contributed by atoms with Crippen LogP contribution in [0.5, 0.6) is 11.5 Å². The molecule has 4 atom stereocenters. The molecule has 0 spiro atoms. The fourth-order valence-corrected chi connectivity index (χ4v) is 4.73. The Kier molecular flexibility index (Phi) is 7.53. The molecule has 1 saturated heterocycles. The Hall–Kier alpha value is -3.82. The zero-order valence-corrected chi connectivity index (χ0v) is 22.5. The number of likely N-dealkylation sites (tertiary alicyclic amines) is 1. The number of carbonyl (C=O) groups is 3. The minimum atomic E-state index is -1.17. The smallest absolute Gasteiger partial charge is 0.411 e. The molecule has 1 aliphatic heterocycles. The molecule has 0 radical (unpaired) electrons. The molecule has 2 heterocycles. The number of amides is 2. The van der Waals surface area contributed by atoms with E-state index < -0.39 is 41.3 Å². The number of carbonyl (C=O) groups excluding carboxylic acids is 3. The summed E-state index contributed by atoms with van der Waals surface area (Å²) in [5.41, 5.74) is -1.24. The SMILES string of the molecule is C=C[C@H]1C[C@@]1(NC(=O)[C@@H]1C[C@@H](Oc2ccnc3cc(OC)ccc23)CN1C(=O)OC(C)(C)C)C(=O)OCC. The van der Waals surface area contributed by atoms with Gasteiger partial charge in [0.1, 0.15) is 34.8 Å². The Labute approximate surface area is 222 Å². The highest BCUT2D eigenvalue weighted by molar-refractivity contribution is 5.95. The van der Waals surface area contributed by atoms with Gasteiger partial charge in [0, 0.05) is 30.0 Å². The first-order chi connectivity index (χ1) is 18.0. The van der Waals surface area contributed by atoms with E-state index in [1.54, 1.807) is 59.2 Å². The van der Waals surface area contributed by atoms with E-state index in [9.17, 15) is 14.4 Å². The van der Waals surface area contributed by atoms with Crippen molar-refractivity contribution < 1.29 is 33.3 Å². The van der Waals surface area contributed by atoms with Crippen LogP contribution in [-0.2, 0) is 19.1 Å². The van der Waals surface area contributed by atoms with Crippen molar-refractivity contribution in [3.05, 3.63) is 43.1 Å². The van der Waals surface area contributed by atoms with Crippen LogP contribution in [0.1, 0.15) is 40.5 Å². The summed E-state index contributed by atoms with van der Waals surface area (Å²) in [7, 11) is 1.58. The van der Waals surface area contributed by atoms with Crippen molar-refractivity contribution >= 4 is 28.9 Å². The second-order valence-corrected chi connectivity index (χ2v) is 10.5. The van der Waals surface area contributed by atoms with E-state index in [1.807, 2.05) is 12.1 Å². The third-order valence-corrected chi connectivity index (χ3v) is 6.68. The van der Waals surface area contributed by atoms with Crippen molar-refractivity contribution in [1.29, 1.82) is 0 Å². The number of fused-ring (bicyclic) bond motifs is 1. The minimum Gasteiger partial charge on any atom is -0.497 e. The lowest BCUT2D eigenvalue weighted by atomic mass is 10.1. The summed E-state index contributed by atoms with van der Waals surface area (Å²) in [6, 6.07) is 6.32. The topological polar surface area (TPSA) is 116 Å². The van der Waals surface area contributed by atoms with Gasteiger partial charge in [-0.15, -0.1) is 6.58 Å². The molecule has 1 N–H and O–H groups in total. The highest BCUT2D eigenvalue weighted by atomic mass is 16.6. The fourth-order valence-electron chi connectivity index (χ4n) is 4.73. The molecule has 1 aromatic heterocycles. The summed E-state index contributed by atoms with van der Waals surface area (Å²) < 4.78 is 22.4. The molecule has 38 heavy (non-hydrogen) atoms. The number of pyridine rings is 1. The minimum absolute atomic E-state index is 0.129. The lowest BCUT2D eigenvalue weighted by molar-refractivity contribution is -0.149. The van der Waals surface area contributed by atoms with Gasteiger partial charge in [-0.3, -0.25) is 14.7 Å². The zero-order valence-electron chi connectivity index (χ0n) is 22.5. The molecule has 1 saturated carbocycles. The van der Waals surface area contributed by atoms with Gasteiger partial charge in [-0.25, -0.2) is 9.59 Å². The first-order valence-electron chi connectivity index (χ1n) is 12.7. The van der Waals surface area contributed by atoms with Gasteiger partial charge in [0.2, 0.25) is 5.91 Å². The first-order valence-corrected chi connectivity index (χ1v) is 12.7. The van der Waals surface area contributed by atoms with E-state index in [4.69, 9.17) is 18.9 Å². The van der Waals surface area contributed by atoms with Crippen LogP contribution in [0, 0.1) is 5.92 Å². The van der Waals surface area contributed by atoms with Crippen molar-refractivity contribution in [2.45, 2.75) is 63.8 Å². The van der Waals surface area contributed by atoms with Crippen molar-refractivity contribution in [3.63, 3.8) is 0 Å². The second-order valence-electron chi connectivity index (χ2n) is 10.5. The second kappa shape index (κ2) is 10.5. The molecular weight excluding hydrogens is 490 g/mol. The normalized spacial score (nSPS) is 24.4. The van der Waals surface area contributed by atoms with E-state index in [1.165, 1.54) is 4.90 Å². The largest absolute Gasteiger partial charge is 0.497 e. The molecule has 10 heteroatoms. The van der Waals surface area contributed by atoms with E-state index in [-0.39, 0.29) is 25.5 Å². The number of esters is 1. The molecule has 204 valence electrons. The van der Waals surface area contributed by atoms with Crippen LogP contribution in [0.25, 0.3) is 10.9 Å². The molecule has 1 aromatic carbocycles. The number of hydrogen-bond donors (Lipinski definition) is 1. The molecule has 10 nitrogen and oxygen atoms in total. The van der Waals surface area contributed by atoms with Gasteiger partial charge >= 0.3 is 12.1 Å². The average Bonchev–Trinajstić information content (AvgIpc) is 3.42. The van der Waals surface area contributed by atoms with Crippen LogP contribution in [0.4, 0.5) is 4.79 Å². The van der Waals surface area contributed by atoms with Gasteiger partial charge in [0.05, 0.1) is 25.8 Å². The molecule has 2 aromatic rings. The van der Waals surface area contributed by atoms with Crippen LogP contribution < -0.4 is 14.8 Å². The first kappa shape index (κ1) is 27.2. The van der Waals surface area contributed by atoms with Crippen LogP contribution >= 0.6 is 0 Å². The molecule has 2 amide bonds. The Balaban J connectivity index is 1.57. The van der Waals surface area contributed by atoms with Crippen LogP contribution in [0.15, 0.2) is 43.1 Å². The molecule has 2 aliphatic rings. The Morgan fingerprint density at radius 1 is 1.26 bits per heavy atom. The van der Waals surface area contributed by atoms with Crippen molar-refractivity contribution in [1.82, 2.24) is 15.2 Å². The zero-order chi connectivity index (χ0) is 27.7. The van der Waals surface area contributed by atoms with Crippen LogP contribution in [0.2, 0.25) is 0 Å². The number of methoxy groups -OCH3 is 1. The Bertz CT molecular complexity index is 1240. The maximum absolute atomic E-state index is 13.6. The number of aromatic nitrogens is 1. The predicted octanol–water partition coefficient (Wildman–Crippen LogP) is 3.62. The molecule has 4 rings (SSSR count). The highest BCUT2D eigenvalue weighted by Crippen LogP contribution is 2.45. The molecule has 0 bridgehead atoms. The van der Waals surface area contributed by atoms with Crippen molar-refractivity contribution in [2.75, 3.05) is 20.3 Å². The summed E-state index contributed by atoms with van der Waals surface area (Å²) in [4.78, 5) is 45.1. The maximum Gasteiger partial charge on any atom is 0.411 e. The van der Waals surface area contributed by atoms with Crippen LogP contribution in [-0.4, -0.2) is 71.4 Å². The number of nitrogens with zero attached hydrogens (tertiary/aromatic N) is 2. The Morgan fingerprint density at radius 3 is 2.66 bits per heavy atom. The number of hydrogen-bond acceptors (Lipinski definition) is 8. The quantitative estimate of drug-likeness (QED) is 0.410. The highest BCUT2D eigenvalue weighted by Gasteiger charge is 2.62. The van der Waals surface area contributed by atoms with E-state index in [0.717, 1.165) is 5.39 Å². The maximum atomic E-state index is 13.6. The lowest BCUT2D eigenvalue weighted by Crippen LogP contribution is -2.53. The number of rotatable bonds is 8. The number of benzene rings is 1. The Morgan fingerprint density at radius 2 is 2.03 bits per heavy atom. The number of nitrogens with one attached hydrogen (secondary N) is 1. The summed E-state index contributed by atoms with van der Waals surface area (Å²) in [6.45, 7) is 11.1. The van der Waals surface area contributed by atoms with Crippen molar-refractivity contribution in [2.24, 2.45) is 5.92 Å². The van der Waals surface area contributed by atoms with Crippen molar-refractivity contribution in [3.8, 4) is 11.5 Å². The standard InChI is InChI=1S/C28H35N3O7/c1-7-17-15-28(17,25(33)36-8-2)30-24(32)22-14-19(16-31(22)26(34)38-27(3,4)5)37-23-11-12-29-21-13-18(35-6)9-10-20(21)23/h7,9-13,17,19,22H,1,8,14-16H2,2-6H3,(H,30,32)/t17-,19+,22-,28-/m0/s1. The lowest BCUT2D eigenvalue weighted by Gasteiger charge is -2.28. The van der Waals surface area contributed by atoms with E-state index in [2.05, 4.69) is 16.9 Å². The molecular formula is C28H35N3O7.